The number of thioether (sulfide) groups is 1. The number of aliphatic hydroxyl groups is 1. The molecule has 1 heterocycles. The van der Waals surface area contributed by atoms with E-state index in [1.807, 2.05) is 36.0 Å². The van der Waals surface area contributed by atoms with Crippen molar-refractivity contribution in [2.24, 2.45) is 0 Å². The van der Waals surface area contributed by atoms with Crippen LogP contribution in [0, 0.1) is 0 Å². The highest BCUT2D eigenvalue weighted by molar-refractivity contribution is 9.10. The summed E-state index contributed by atoms with van der Waals surface area (Å²) in [6.45, 7) is 0.961. The molecule has 0 spiro atoms. The normalized spacial score (nSPS) is 21.4. The second-order valence-corrected chi connectivity index (χ2v) is 6.92. The quantitative estimate of drug-likeness (QED) is 0.896. The van der Waals surface area contributed by atoms with Crippen LogP contribution in [-0.4, -0.2) is 41.1 Å². The molecule has 1 aromatic carbocycles. The van der Waals surface area contributed by atoms with Gasteiger partial charge in [-0.25, -0.2) is 0 Å². The lowest BCUT2D eigenvalue weighted by atomic mass is 10.1. The Morgan fingerprint density at radius 1 is 1.44 bits per heavy atom. The minimum atomic E-state index is -0.352. The highest BCUT2D eigenvalue weighted by atomic mass is 79.9. The number of aliphatic hydroxyl groups excluding tert-OH is 1. The number of nitrogens with zero attached hydrogens (tertiary/aromatic N) is 1. The number of benzene rings is 1. The molecule has 0 amide bonds. The van der Waals surface area contributed by atoms with Crippen LogP contribution in [0.4, 0.5) is 0 Å². The third-order valence-corrected chi connectivity index (χ3v) is 5.21. The van der Waals surface area contributed by atoms with Crippen molar-refractivity contribution in [3.63, 3.8) is 0 Å². The molecular weight excluding hydrogens is 310 g/mol. The summed E-state index contributed by atoms with van der Waals surface area (Å²) in [6.07, 6.45) is 1.74. The van der Waals surface area contributed by atoms with E-state index in [9.17, 15) is 5.11 Å². The van der Waals surface area contributed by atoms with Gasteiger partial charge >= 0.3 is 0 Å². The monoisotopic (exact) mass is 329 g/mol. The second-order valence-electron chi connectivity index (χ2n) is 4.85. The Kier molecular flexibility index (Phi) is 5.55. The summed E-state index contributed by atoms with van der Waals surface area (Å²) in [4.78, 5) is 2.39. The van der Waals surface area contributed by atoms with Crippen molar-refractivity contribution in [2.45, 2.75) is 25.0 Å². The largest absolute Gasteiger partial charge is 0.388 e. The minimum Gasteiger partial charge on any atom is -0.388 e. The van der Waals surface area contributed by atoms with Crippen LogP contribution in [0.1, 0.15) is 24.5 Å². The molecule has 0 bridgehead atoms. The van der Waals surface area contributed by atoms with Gasteiger partial charge < -0.3 is 10.0 Å². The third-order valence-electron chi connectivity index (χ3n) is 3.54. The zero-order chi connectivity index (χ0) is 13.0. The number of hydrogen-bond donors (Lipinski definition) is 1. The zero-order valence-corrected chi connectivity index (χ0v) is 13.1. The van der Waals surface area contributed by atoms with E-state index in [-0.39, 0.29) is 6.10 Å². The highest BCUT2D eigenvalue weighted by Crippen LogP contribution is 2.23. The first-order valence-electron chi connectivity index (χ1n) is 6.38. The summed E-state index contributed by atoms with van der Waals surface area (Å²) in [6, 6.07) is 8.64. The molecule has 0 radical (unpaired) electrons. The van der Waals surface area contributed by atoms with Gasteiger partial charge in [0.15, 0.2) is 0 Å². The lowest BCUT2D eigenvalue weighted by Crippen LogP contribution is -2.32. The molecule has 1 N–H and O–H groups in total. The van der Waals surface area contributed by atoms with Crippen LogP contribution in [-0.2, 0) is 0 Å². The van der Waals surface area contributed by atoms with Crippen LogP contribution in [0.25, 0.3) is 0 Å². The maximum absolute atomic E-state index is 10.2. The predicted molar refractivity (Wildman–Crippen MR) is 82.1 cm³/mol. The Balaban J connectivity index is 1.80. The molecule has 0 saturated carbocycles. The second kappa shape index (κ2) is 6.94. The van der Waals surface area contributed by atoms with E-state index in [0.717, 1.165) is 23.0 Å². The molecule has 2 atom stereocenters. The van der Waals surface area contributed by atoms with Crippen molar-refractivity contribution in [2.75, 3.05) is 25.1 Å². The molecule has 0 aromatic heterocycles. The fraction of sp³-hybridized carbons (Fsp3) is 0.571. The van der Waals surface area contributed by atoms with Gasteiger partial charge in [0.1, 0.15) is 0 Å². The first-order valence-corrected chi connectivity index (χ1v) is 8.33. The summed E-state index contributed by atoms with van der Waals surface area (Å²) in [5.41, 5.74) is 1.01. The molecule has 1 aliphatic heterocycles. The van der Waals surface area contributed by atoms with E-state index in [1.165, 1.54) is 17.9 Å². The molecule has 18 heavy (non-hydrogen) atoms. The van der Waals surface area contributed by atoms with Gasteiger partial charge in [-0.1, -0.05) is 28.1 Å². The minimum absolute atomic E-state index is 0.352. The molecule has 0 aliphatic carbocycles. The number of hydrogen-bond acceptors (Lipinski definition) is 3. The molecule has 100 valence electrons. The van der Waals surface area contributed by atoms with Crippen LogP contribution in [0.5, 0.6) is 0 Å². The Hall–Kier alpha value is -0.0300. The zero-order valence-electron chi connectivity index (χ0n) is 10.7. The van der Waals surface area contributed by atoms with Crippen LogP contribution in [0.3, 0.4) is 0 Å². The van der Waals surface area contributed by atoms with Crippen molar-refractivity contribution in [1.29, 1.82) is 0 Å². The lowest BCUT2D eigenvalue weighted by Gasteiger charge is -2.24. The third kappa shape index (κ3) is 3.98. The van der Waals surface area contributed by atoms with Crippen LogP contribution >= 0.6 is 27.7 Å². The lowest BCUT2D eigenvalue weighted by molar-refractivity contribution is 0.140. The summed E-state index contributed by atoms with van der Waals surface area (Å²) >= 11 is 5.44. The molecule has 2 unspecified atom stereocenters. The molecule has 1 aliphatic rings. The highest BCUT2D eigenvalue weighted by Gasteiger charge is 2.20. The summed E-state index contributed by atoms with van der Waals surface area (Å²) in [5, 5.41) is 10.2. The standard InChI is InChI=1S/C14H20BrNOS/c1-16(13-7-9-18-10-13)8-6-14(17)11-2-4-12(15)5-3-11/h2-5,13-14,17H,6-10H2,1H3. The van der Waals surface area contributed by atoms with Gasteiger partial charge in [0.05, 0.1) is 6.10 Å². The summed E-state index contributed by atoms with van der Waals surface area (Å²) < 4.78 is 1.05. The molecule has 2 nitrogen and oxygen atoms in total. The van der Waals surface area contributed by atoms with Gasteiger partial charge in [-0.05, 0) is 43.3 Å². The Bertz CT molecular complexity index is 365. The van der Waals surface area contributed by atoms with E-state index in [1.54, 1.807) is 0 Å². The summed E-state index contributed by atoms with van der Waals surface area (Å²) in [5.74, 6) is 2.52. The molecular formula is C14H20BrNOS. The van der Waals surface area contributed by atoms with Gasteiger partial charge in [0.2, 0.25) is 0 Å². The van der Waals surface area contributed by atoms with E-state index in [2.05, 4.69) is 27.9 Å². The van der Waals surface area contributed by atoms with Crippen molar-refractivity contribution in [3.05, 3.63) is 34.3 Å². The maximum atomic E-state index is 10.2. The van der Waals surface area contributed by atoms with E-state index in [4.69, 9.17) is 0 Å². The van der Waals surface area contributed by atoms with Crippen molar-refractivity contribution >= 4 is 27.7 Å². The predicted octanol–water partition coefficient (Wildman–Crippen LogP) is 3.31. The Labute approximate surface area is 122 Å². The van der Waals surface area contributed by atoms with Crippen LogP contribution in [0.15, 0.2) is 28.7 Å². The van der Waals surface area contributed by atoms with Gasteiger partial charge in [-0.3, -0.25) is 0 Å². The summed E-state index contributed by atoms with van der Waals surface area (Å²) in [7, 11) is 2.17. The molecule has 1 saturated heterocycles. The fourth-order valence-electron chi connectivity index (χ4n) is 2.23. The molecule has 1 fully saturated rings. The first kappa shape index (κ1) is 14.4. The number of rotatable bonds is 5. The molecule has 2 rings (SSSR count). The van der Waals surface area contributed by atoms with E-state index in [0.29, 0.717) is 6.04 Å². The van der Waals surface area contributed by atoms with Gasteiger partial charge in [0.25, 0.3) is 0 Å². The fourth-order valence-corrected chi connectivity index (χ4v) is 3.79. The Morgan fingerprint density at radius 2 is 2.17 bits per heavy atom. The first-order chi connectivity index (χ1) is 8.66. The average Bonchev–Trinajstić information content (AvgIpc) is 2.90. The van der Waals surface area contributed by atoms with Crippen LogP contribution < -0.4 is 0 Å². The molecule has 1 aromatic rings. The Morgan fingerprint density at radius 3 is 2.78 bits per heavy atom. The van der Waals surface area contributed by atoms with E-state index >= 15 is 0 Å². The SMILES string of the molecule is CN(CCC(O)c1ccc(Br)cc1)C1CCSC1. The number of halogens is 1. The van der Waals surface area contributed by atoms with Gasteiger partial charge in [-0.15, -0.1) is 0 Å². The average molecular weight is 330 g/mol. The van der Waals surface area contributed by atoms with Crippen LogP contribution in [0.2, 0.25) is 0 Å². The van der Waals surface area contributed by atoms with Crippen molar-refractivity contribution in [3.8, 4) is 0 Å². The van der Waals surface area contributed by atoms with E-state index < -0.39 is 0 Å². The van der Waals surface area contributed by atoms with Crippen molar-refractivity contribution in [1.82, 2.24) is 4.90 Å². The van der Waals surface area contributed by atoms with Gasteiger partial charge in [0, 0.05) is 22.8 Å². The molecule has 4 heteroatoms. The maximum Gasteiger partial charge on any atom is 0.0802 e. The van der Waals surface area contributed by atoms with Gasteiger partial charge in [-0.2, -0.15) is 11.8 Å². The topological polar surface area (TPSA) is 23.5 Å². The van der Waals surface area contributed by atoms with Crippen molar-refractivity contribution < 1.29 is 5.11 Å². The smallest absolute Gasteiger partial charge is 0.0802 e.